The Morgan fingerprint density at radius 2 is 2.15 bits per heavy atom. The summed E-state index contributed by atoms with van der Waals surface area (Å²) in [6.45, 7) is 0.404. The Morgan fingerprint density at radius 1 is 1.40 bits per heavy atom. The van der Waals surface area contributed by atoms with Gasteiger partial charge in [-0.2, -0.15) is 5.10 Å². The second kappa shape index (κ2) is 5.68. The molecule has 0 spiro atoms. The first-order valence-electron chi connectivity index (χ1n) is 6.23. The summed E-state index contributed by atoms with van der Waals surface area (Å²) in [4.78, 5) is 35.9. The Labute approximate surface area is 115 Å². The molecule has 7 nitrogen and oxygen atoms in total. The fraction of sp³-hybridized carbons (Fsp3) is 0.385. The van der Waals surface area contributed by atoms with Crippen molar-refractivity contribution in [1.82, 2.24) is 14.7 Å². The molecule has 0 unspecified atom stereocenters. The molecule has 1 fully saturated rings. The third-order valence-corrected chi connectivity index (χ3v) is 3.19. The molecular formula is C13H15N3O4. The number of allylic oxidation sites excluding steroid dienone is 1. The average Bonchev–Trinajstić information content (AvgIpc) is 3.03. The second-order valence-corrected chi connectivity index (χ2v) is 4.63. The lowest BCUT2D eigenvalue weighted by Crippen LogP contribution is -2.39. The Hall–Kier alpha value is -2.44. The highest BCUT2D eigenvalue weighted by atomic mass is 16.4. The maximum Gasteiger partial charge on any atom is 0.326 e. The fourth-order valence-electron chi connectivity index (χ4n) is 2.17. The molecule has 0 aromatic carbocycles. The van der Waals surface area contributed by atoms with Gasteiger partial charge < -0.3 is 10.0 Å². The van der Waals surface area contributed by atoms with E-state index < -0.39 is 17.9 Å². The van der Waals surface area contributed by atoms with Gasteiger partial charge in [-0.25, -0.2) is 4.79 Å². The van der Waals surface area contributed by atoms with Crippen molar-refractivity contribution in [2.75, 3.05) is 6.54 Å². The van der Waals surface area contributed by atoms with Gasteiger partial charge in [0.05, 0.1) is 11.8 Å². The molecule has 1 atom stereocenters. The molecule has 0 aliphatic carbocycles. The summed E-state index contributed by atoms with van der Waals surface area (Å²) < 4.78 is 1.49. The standard InChI is InChI=1S/C13H15N3O4/c1-15-8-9(7-14-15)11(17)4-5-12(18)16-6-2-3-10(16)13(19)20/h4-5,7-8,10H,2-3,6H2,1H3,(H,19,20)/b5-4+/t10-/m0/s1. The molecule has 2 rings (SSSR count). The molecule has 106 valence electrons. The Morgan fingerprint density at radius 3 is 2.75 bits per heavy atom. The highest BCUT2D eigenvalue weighted by Crippen LogP contribution is 2.17. The number of hydrogen-bond acceptors (Lipinski definition) is 4. The minimum absolute atomic E-state index is 0.336. The van der Waals surface area contributed by atoms with Crippen molar-refractivity contribution in [2.24, 2.45) is 7.05 Å². The van der Waals surface area contributed by atoms with Crippen LogP contribution in [0.25, 0.3) is 0 Å². The molecule has 1 aromatic rings. The van der Waals surface area contributed by atoms with Crippen LogP contribution in [0.3, 0.4) is 0 Å². The second-order valence-electron chi connectivity index (χ2n) is 4.63. The summed E-state index contributed by atoms with van der Waals surface area (Å²) in [6, 6.07) is -0.791. The molecule has 1 N–H and O–H groups in total. The molecule has 7 heteroatoms. The molecule has 1 aromatic heterocycles. The molecule has 2 heterocycles. The lowest BCUT2D eigenvalue weighted by atomic mass is 10.2. The van der Waals surface area contributed by atoms with Crippen LogP contribution in [0.4, 0.5) is 0 Å². The van der Waals surface area contributed by atoms with Gasteiger partial charge in [0.25, 0.3) is 0 Å². The van der Waals surface area contributed by atoms with Gasteiger partial charge in [-0.05, 0) is 18.9 Å². The first kappa shape index (κ1) is 14.0. The normalized spacial score (nSPS) is 18.6. The van der Waals surface area contributed by atoms with E-state index in [2.05, 4.69) is 5.10 Å². The maximum atomic E-state index is 11.9. The van der Waals surface area contributed by atoms with Crippen LogP contribution in [0.5, 0.6) is 0 Å². The molecule has 0 bridgehead atoms. The molecule has 1 aliphatic heterocycles. The number of aryl methyl sites for hydroxylation is 1. The topological polar surface area (TPSA) is 92.5 Å². The zero-order chi connectivity index (χ0) is 14.7. The Balaban J connectivity index is 2.02. The van der Waals surface area contributed by atoms with E-state index in [1.165, 1.54) is 15.8 Å². The molecular weight excluding hydrogens is 262 g/mol. The van der Waals surface area contributed by atoms with E-state index in [4.69, 9.17) is 5.11 Å². The van der Waals surface area contributed by atoms with Crippen LogP contribution >= 0.6 is 0 Å². The molecule has 1 aliphatic rings. The lowest BCUT2D eigenvalue weighted by Gasteiger charge is -2.19. The van der Waals surface area contributed by atoms with Crippen LogP contribution < -0.4 is 0 Å². The lowest BCUT2D eigenvalue weighted by molar-refractivity contribution is -0.146. The largest absolute Gasteiger partial charge is 0.480 e. The molecule has 20 heavy (non-hydrogen) atoms. The number of ketones is 1. The monoisotopic (exact) mass is 277 g/mol. The minimum atomic E-state index is -1.01. The first-order valence-corrected chi connectivity index (χ1v) is 6.23. The summed E-state index contributed by atoms with van der Waals surface area (Å²) in [6.07, 6.45) is 6.34. The summed E-state index contributed by atoms with van der Waals surface area (Å²) in [5.41, 5.74) is 0.382. The zero-order valence-electron chi connectivity index (χ0n) is 11.0. The zero-order valence-corrected chi connectivity index (χ0v) is 11.0. The summed E-state index contributed by atoms with van der Waals surface area (Å²) in [7, 11) is 1.69. The summed E-state index contributed by atoms with van der Waals surface area (Å²) in [5, 5.41) is 12.9. The smallest absolute Gasteiger partial charge is 0.326 e. The van der Waals surface area contributed by atoms with E-state index >= 15 is 0 Å². The number of carboxylic acid groups (broad SMARTS) is 1. The number of carbonyl (C=O) groups is 3. The third-order valence-electron chi connectivity index (χ3n) is 3.19. The molecule has 0 saturated carbocycles. The SMILES string of the molecule is Cn1cc(C(=O)/C=C/C(=O)N2CCC[C@H]2C(=O)O)cn1. The highest BCUT2D eigenvalue weighted by molar-refractivity contribution is 6.07. The Bertz CT molecular complexity index is 576. The van der Waals surface area contributed by atoms with Gasteiger partial charge in [-0.15, -0.1) is 0 Å². The van der Waals surface area contributed by atoms with Gasteiger partial charge in [-0.1, -0.05) is 0 Å². The number of aliphatic carboxylic acids is 1. The summed E-state index contributed by atoms with van der Waals surface area (Å²) >= 11 is 0. The van der Waals surface area contributed by atoms with Crippen molar-refractivity contribution in [3.63, 3.8) is 0 Å². The van der Waals surface area contributed by atoms with Crippen LogP contribution in [-0.4, -0.2) is 50.0 Å². The van der Waals surface area contributed by atoms with E-state index in [1.54, 1.807) is 13.2 Å². The Kier molecular flexibility index (Phi) is 3.97. The van der Waals surface area contributed by atoms with E-state index in [0.717, 1.165) is 12.2 Å². The number of nitrogens with zero attached hydrogens (tertiary/aromatic N) is 3. The minimum Gasteiger partial charge on any atom is -0.480 e. The van der Waals surface area contributed by atoms with Gasteiger partial charge in [0.2, 0.25) is 5.91 Å². The average molecular weight is 277 g/mol. The first-order chi connectivity index (χ1) is 9.49. The van der Waals surface area contributed by atoms with Crippen molar-refractivity contribution < 1.29 is 19.5 Å². The van der Waals surface area contributed by atoms with Crippen molar-refractivity contribution in [1.29, 1.82) is 0 Å². The van der Waals surface area contributed by atoms with E-state index in [1.807, 2.05) is 0 Å². The number of hydrogen-bond donors (Lipinski definition) is 1. The van der Waals surface area contributed by atoms with Crippen molar-refractivity contribution >= 4 is 17.7 Å². The van der Waals surface area contributed by atoms with Gasteiger partial charge in [0.1, 0.15) is 6.04 Å². The number of carbonyl (C=O) groups excluding carboxylic acids is 2. The van der Waals surface area contributed by atoms with Crippen molar-refractivity contribution in [2.45, 2.75) is 18.9 Å². The highest BCUT2D eigenvalue weighted by Gasteiger charge is 2.32. The summed E-state index contributed by atoms with van der Waals surface area (Å²) in [5.74, 6) is -1.80. The van der Waals surface area contributed by atoms with E-state index in [0.29, 0.717) is 24.9 Å². The van der Waals surface area contributed by atoms with Gasteiger partial charge in [0.15, 0.2) is 5.78 Å². The van der Waals surface area contributed by atoms with Crippen LogP contribution in [0.15, 0.2) is 24.5 Å². The fourth-order valence-corrected chi connectivity index (χ4v) is 2.17. The predicted molar refractivity (Wildman–Crippen MR) is 69.0 cm³/mol. The third kappa shape index (κ3) is 2.93. The number of rotatable bonds is 4. The van der Waals surface area contributed by atoms with Gasteiger partial charge in [-0.3, -0.25) is 14.3 Å². The van der Waals surface area contributed by atoms with Crippen molar-refractivity contribution in [3.05, 3.63) is 30.1 Å². The van der Waals surface area contributed by atoms with E-state index in [-0.39, 0.29) is 5.78 Å². The van der Waals surface area contributed by atoms with Crippen LogP contribution in [0.2, 0.25) is 0 Å². The number of carboxylic acids is 1. The molecule has 1 saturated heterocycles. The quantitative estimate of drug-likeness (QED) is 0.628. The van der Waals surface area contributed by atoms with Crippen LogP contribution in [-0.2, 0) is 16.6 Å². The van der Waals surface area contributed by atoms with Gasteiger partial charge >= 0.3 is 5.97 Å². The molecule has 0 radical (unpaired) electrons. The predicted octanol–water partition coefficient (Wildman–Crippen LogP) is 0.235. The number of likely N-dealkylation sites (tertiary alicyclic amines) is 1. The van der Waals surface area contributed by atoms with Crippen LogP contribution in [0, 0.1) is 0 Å². The maximum absolute atomic E-state index is 11.9. The van der Waals surface area contributed by atoms with Gasteiger partial charge in [0, 0.05) is 25.9 Å². The molecule has 1 amide bonds. The van der Waals surface area contributed by atoms with Crippen LogP contribution in [0.1, 0.15) is 23.2 Å². The number of aromatic nitrogens is 2. The van der Waals surface area contributed by atoms with Crippen molar-refractivity contribution in [3.8, 4) is 0 Å². The number of amides is 1. The van der Waals surface area contributed by atoms with E-state index in [9.17, 15) is 14.4 Å².